The molecule has 1 saturated carbocycles. The average molecular weight is 114 g/mol. The largest absolute Gasteiger partial charge is 0.393 e. The van der Waals surface area contributed by atoms with Crippen LogP contribution in [0.1, 0.15) is 26.7 Å². The molecular weight excluding hydrogens is 100 g/mol. The molecule has 3 atom stereocenters. The third kappa shape index (κ3) is 1.03. The van der Waals surface area contributed by atoms with Crippen LogP contribution in [0.5, 0.6) is 0 Å². The van der Waals surface area contributed by atoms with Crippen LogP contribution in [0.25, 0.3) is 0 Å². The lowest BCUT2D eigenvalue weighted by molar-refractivity contribution is 0.140. The summed E-state index contributed by atoms with van der Waals surface area (Å²) in [4.78, 5) is 0. The summed E-state index contributed by atoms with van der Waals surface area (Å²) in [6, 6.07) is 0. The quantitative estimate of drug-likeness (QED) is 0.505. The van der Waals surface area contributed by atoms with Crippen molar-refractivity contribution in [1.82, 2.24) is 0 Å². The van der Waals surface area contributed by atoms with Crippen molar-refractivity contribution in [3.05, 3.63) is 0 Å². The molecule has 1 nitrogen and oxygen atoms in total. The van der Waals surface area contributed by atoms with Gasteiger partial charge >= 0.3 is 0 Å². The van der Waals surface area contributed by atoms with Crippen LogP contribution in [-0.4, -0.2) is 11.2 Å². The van der Waals surface area contributed by atoms with Gasteiger partial charge in [0.15, 0.2) is 0 Å². The summed E-state index contributed by atoms with van der Waals surface area (Å²) < 4.78 is 0. The van der Waals surface area contributed by atoms with Gasteiger partial charge in [0, 0.05) is 0 Å². The van der Waals surface area contributed by atoms with E-state index in [2.05, 4.69) is 13.8 Å². The number of aliphatic hydroxyl groups excluding tert-OH is 1. The van der Waals surface area contributed by atoms with Crippen molar-refractivity contribution in [1.29, 1.82) is 0 Å². The molecule has 1 unspecified atom stereocenters. The van der Waals surface area contributed by atoms with E-state index in [1.54, 1.807) is 0 Å². The number of hydrogen-bond donors (Lipinski definition) is 1. The Hall–Kier alpha value is -0.0400. The van der Waals surface area contributed by atoms with Crippen molar-refractivity contribution in [3.63, 3.8) is 0 Å². The second kappa shape index (κ2) is 2.06. The van der Waals surface area contributed by atoms with Crippen molar-refractivity contribution in [2.24, 2.45) is 11.8 Å². The fraction of sp³-hybridized carbons (Fsp3) is 1.00. The third-order valence-electron chi connectivity index (χ3n) is 2.07. The van der Waals surface area contributed by atoms with Gasteiger partial charge in [0.2, 0.25) is 0 Å². The normalized spacial score (nSPS) is 47.6. The van der Waals surface area contributed by atoms with Gasteiger partial charge in [0.05, 0.1) is 6.10 Å². The Morgan fingerprint density at radius 1 is 1.25 bits per heavy atom. The molecule has 0 amide bonds. The van der Waals surface area contributed by atoms with Crippen LogP contribution in [0.15, 0.2) is 0 Å². The summed E-state index contributed by atoms with van der Waals surface area (Å²) in [5, 5.41) is 9.17. The van der Waals surface area contributed by atoms with E-state index in [1.807, 2.05) is 0 Å². The molecule has 0 saturated heterocycles. The van der Waals surface area contributed by atoms with Crippen molar-refractivity contribution in [3.8, 4) is 0 Å². The first kappa shape index (κ1) is 6.09. The monoisotopic (exact) mass is 114 g/mol. The minimum absolute atomic E-state index is 0.00926. The van der Waals surface area contributed by atoms with E-state index >= 15 is 0 Å². The Bertz CT molecular complexity index is 70.5. The molecule has 1 rings (SSSR count). The summed E-state index contributed by atoms with van der Waals surface area (Å²) in [6.07, 6.45) is 2.22. The van der Waals surface area contributed by atoms with Crippen LogP contribution < -0.4 is 0 Å². The smallest absolute Gasteiger partial charge is 0.0568 e. The first-order valence-corrected chi connectivity index (χ1v) is 3.38. The zero-order valence-corrected chi connectivity index (χ0v) is 5.59. The van der Waals surface area contributed by atoms with Crippen molar-refractivity contribution < 1.29 is 5.11 Å². The molecule has 1 aliphatic rings. The minimum atomic E-state index is -0.00926. The Morgan fingerprint density at radius 3 is 2.00 bits per heavy atom. The van der Waals surface area contributed by atoms with E-state index in [9.17, 15) is 0 Å². The first-order chi connectivity index (χ1) is 3.70. The van der Waals surface area contributed by atoms with Gasteiger partial charge < -0.3 is 5.11 Å². The van der Waals surface area contributed by atoms with E-state index in [-0.39, 0.29) is 6.10 Å². The molecule has 8 heavy (non-hydrogen) atoms. The maximum atomic E-state index is 9.17. The van der Waals surface area contributed by atoms with Crippen molar-refractivity contribution in [2.75, 3.05) is 0 Å². The molecule has 1 N–H and O–H groups in total. The number of rotatable bonds is 0. The third-order valence-corrected chi connectivity index (χ3v) is 2.07. The molecule has 0 spiro atoms. The van der Waals surface area contributed by atoms with Crippen molar-refractivity contribution in [2.45, 2.75) is 32.8 Å². The van der Waals surface area contributed by atoms with Crippen LogP contribution in [-0.2, 0) is 0 Å². The molecule has 1 aliphatic carbocycles. The van der Waals surface area contributed by atoms with Gasteiger partial charge in [-0.1, -0.05) is 13.8 Å². The molecule has 0 aromatic rings. The molecular formula is C7H14O. The summed E-state index contributed by atoms with van der Waals surface area (Å²) in [5.74, 6) is 1.30. The summed E-state index contributed by atoms with van der Waals surface area (Å²) in [6.45, 7) is 4.32. The Labute approximate surface area is 50.7 Å². The zero-order valence-electron chi connectivity index (χ0n) is 5.59. The molecule has 1 fully saturated rings. The van der Waals surface area contributed by atoms with E-state index in [0.29, 0.717) is 5.92 Å². The SMILES string of the molecule is C[C@@H]1CC(O)[C@H](C)C1. The van der Waals surface area contributed by atoms with E-state index in [4.69, 9.17) is 5.11 Å². The molecule has 0 radical (unpaired) electrons. The molecule has 0 heterocycles. The second-order valence-corrected chi connectivity index (χ2v) is 3.12. The lowest BCUT2D eigenvalue weighted by Gasteiger charge is -2.04. The Kier molecular flexibility index (Phi) is 1.57. The van der Waals surface area contributed by atoms with E-state index in [0.717, 1.165) is 12.3 Å². The highest BCUT2D eigenvalue weighted by atomic mass is 16.3. The van der Waals surface area contributed by atoms with Crippen LogP contribution >= 0.6 is 0 Å². The van der Waals surface area contributed by atoms with E-state index in [1.165, 1.54) is 6.42 Å². The standard InChI is InChI=1S/C7H14O/c1-5-3-6(2)7(8)4-5/h5-8H,3-4H2,1-2H3/t5-,6+,7?/m0/s1. The highest BCUT2D eigenvalue weighted by molar-refractivity contribution is 4.77. The van der Waals surface area contributed by atoms with Gasteiger partial charge in [-0.2, -0.15) is 0 Å². The highest BCUT2D eigenvalue weighted by Crippen LogP contribution is 2.29. The second-order valence-electron chi connectivity index (χ2n) is 3.12. The van der Waals surface area contributed by atoms with Crippen LogP contribution in [0.3, 0.4) is 0 Å². The maximum absolute atomic E-state index is 9.17. The molecule has 0 bridgehead atoms. The summed E-state index contributed by atoms with van der Waals surface area (Å²) >= 11 is 0. The molecule has 48 valence electrons. The molecule has 0 aliphatic heterocycles. The average Bonchev–Trinajstić information content (AvgIpc) is 1.85. The fourth-order valence-corrected chi connectivity index (χ4v) is 1.53. The Morgan fingerprint density at radius 2 is 1.88 bits per heavy atom. The lowest BCUT2D eigenvalue weighted by Crippen LogP contribution is -2.07. The van der Waals surface area contributed by atoms with Crippen LogP contribution in [0.2, 0.25) is 0 Å². The molecule has 0 aromatic heterocycles. The van der Waals surface area contributed by atoms with Gasteiger partial charge in [-0.15, -0.1) is 0 Å². The lowest BCUT2D eigenvalue weighted by atomic mass is 10.1. The van der Waals surface area contributed by atoms with Gasteiger partial charge in [-0.25, -0.2) is 0 Å². The van der Waals surface area contributed by atoms with Gasteiger partial charge in [0.25, 0.3) is 0 Å². The zero-order chi connectivity index (χ0) is 6.15. The van der Waals surface area contributed by atoms with E-state index < -0.39 is 0 Å². The van der Waals surface area contributed by atoms with Gasteiger partial charge in [-0.05, 0) is 24.7 Å². The molecule has 1 heteroatoms. The molecule has 0 aromatic carbocycles. The summed E-state index contributed by atoms with van der Waals surface area (Å²) in [5.41, 5.74) is 0. The minimum Gasteiger partial charge on any atom is -0.393 e. The van der Waals surface area contributed by atoms with Gasteiger partial charge in [0.1, 0.15) is 0 Å². The first-order valence-electron chi connectivity index (χ1n) is 3.38. The maximum Gasteiger partial charge on any atom is 0.0568 e. The predicted octanol–water partition coefficient (Wildman–Crippen LogP) is 1.41. The fourth-order valence-electron chi connectivity index (χ4n) is 1.53. The van der Waals surface area contributed by atoms with Crippen LogP contribution in [0, 0.1) is 11.8 Å². The highest BCUT2D eigenvalue weighted by Gasteiger charge is 2.25. The number of aliphatic hydroxyl groups is 1. The summed E-state index contributed by atoms with van der Waals surface area (Å²) in [7, 11) is 0. The predicted molar refractivity (Wildman–Crippen MR) is 33.6 cm³/mol. The van der Waals surface area contributed by atoms with Crippen LogP contribution in [0.4, 0.5) is 0 Å². The Balaban J connectivity index is 2.39. The van der Waals surface area contributed by atoms with Crippen molar-refractivity contribution >= 4 is 0 Å². The van der Waals surface area contributed by atoms with Gasteiger partial charge in [-0.3, -0.25) is 0 Å². The topological polar surface area (TPSA) is 20.2 Å². The number of hydrogen-bond acceptors (Lipinski definition) is 1.